The molecule has 2 aromatic rings. The van der Waals surface area contributed by atoms with Crippen molar-refractivity contribution in [3.05, 3.63) is 36.0 Å². The average Bonchev–Trinajstić information content (AvgIpc) is 2.85. The Morgan fingerprint density at radius 3 is 2.84 bits per heavy atom. The second-order valence-corrected chi connectivity index (χ2v) is 4.63. The van der Waals surface area contributed by atoms with E-state index >= 15 is 0 Å². The van der Waals surface area contributed by atoms with E-state index < -0.39 is 0 Å². The smallest absolute Gasteiger partial charge is 0.170 e. The summed E-state index contributed by atoms with van der Waals surface area (Å²) in [5.74, 6) is 1.56. The summed E-state index contributed by atoms with van der Waals surface area (Å²) in [6.07, 6.45) is 0.130. The maximum atomic E-state index is 5.79. The maximum Gasteiger partial charge on any atom is 0.170 e. The highest BCUT2D eigenvalue weighted by atomic mass is 16.5. The Bertz CT molecular complexity index is 520. The van der Waals surface area contributed by atoms with Gasteiger partial charge >= 0.3 is 0 Å². The fourth-order valence-corrected chi connectivity index (χ4v) is 1.80. The molecule has 0 spiro atoms. The molecule has 1 N–H and O–H groups in total. The summed E-state index contributed by atoms with van der Waals surface area (Å²) in [5, 5.41) is 7.28. The van der Waals surface area contributed by atoms with Gasteiger partial charge in [0.15, 0.2) is 5.76 Å². The first-order valence-corrected chi connectivity index (χ1v) is 6.63. The zero-order valence-corrected chi connectivity index (χ0v) is 11.6. The molecule has 0 aliphatic carbocycles. The van der Waals surface area contributed by atoms with Gasteiger partial charge in [-0.05, 0) is 32.5 Å². The lowest BCUT2D eigenvalue weighted by molar-refractivity contribution is 0.243. The Labute approximate surface area is 113 Å². The monoisotopic (exact) mass is 260 g/mol. The number of benzene rings is 1. The molecule has 0 saturated carbocycles. The third-order valence-electron chi connectivity index (χ3n) is 2.63. The van der Waals surface area contributed by atoms with Crippen LogP contribution in [0.15, 0.2) is 34.9 Å². The quantitative estimate of drug-likeness (QED) is 0.866. The molecule has 0 aliphatic heterocycles. The highest BCUT2D eigenvalue weighted by Crippen LogP contribution is 2.30. The number of para-hydroxylation sites is 1. The van der Waals surface area contributed by atoms with Crippen molar-refractivity contribution in [2.45, 2.75) is 33.4 Å². The van der Waals surface area contributed by atoms with Crippen molar-refractivity contribution < 1.29 is 9.26 Å². The first-order chi connectivity index (χ1) is 9.20. The van der Waals surface area contributed by atoms with Crippen LogP contribution in [-0.2, 0) is 6.54 Å². The Hall–Kier alpha value is -1.81. The summed E-state index contributed by atoms with van der Waals surface area (Å²) in [5.41, 5.74) is 1.84. The first-order valence-electron chi connectivity index (χ1n) is 6.63. The van der Waals surface area contributed by atoms with Gasteiger partial charge in [0.2, 0.25) is 0 Å². The van der Waals surface area contributed by atoms with Gasteiger partial charge in [0, 0.05) is 12.6 Å². The van der Waals surface area contributed by atoms with Crippen LogP contribution in [0.3, 0.4) is 0 Å². The van der Waals surface area contributed by atoms with Crippen molar-refractivity contribution in [2.24, 2.45) is 0 Å². The van der Waals surface area contributed by atoms with Gasteiger partial charge in [-0.15, -0.1) is 0 Å². The van der Waals surface area contributed by atoms with E-state index in [1.54, 1.807) is 0 Å². The van der Waals surface area contributed by atoms with E-state index in [4.69, 9.17) is 9.26 Å². The van der Waals surface area contributed by atoms with Crippen LogP contribution < -0.4 is 10.1 Å². The van der Waals surface area contributed by atoms with Crippen LogP contribution >= 0.6 is 0 Å². The third-order valence-corrected chi connectivity index (χ3v) is 2.63. The van der Waals surface area contributed by atoms with Gasteiger partial charge in [-0.25, -0.2) is 0 Å². The number of ether oxygens (including phenoxy) is 1. The van der Waals surface area contributed by atoms with E-state index in [1.807, 2.05) is 44.2 Å². The molecule has 0 fully saturated rings. The van der Waals surface area contributed by atoms with Gasteiger partial charge in [-0.2, -0.15) is 0 Å². The van der Waals surface area contributed by atoms with Crippen LogP contribution in [0, 0.1) is 0 Å². The minimum absolute atomic E-state index is 0.130. The highest BCUT2D eigenvalue weighted by molar-refractivity contribution is 5.65. The summed E-state index contributed by atoms with van der Waals surface area (Å²) in [6, 6.07) is 9.80. The largest absolute Gasteiger partial charge is 0.490 e. The van der Waals surface area contributed by atoms with E-state index in [0.717, 1.165) is 29.3 Å². The molecule has 4 heteroatoms. The molecule has 0 aliphatic rings. The number of hydrogen-bond donors (Lipinski definition) is 1. The van der Waals surface area contributed by atoms with E-state index in [0.29, 0.717) is 6.54 Å². The number of nitrogens with one attached hydrogen (secondary N) is 1. The van der Waals surface area contributed by atoms with Gasteiger partial charge in [-0.1, -0.05) is 24.2 Å². The fourth-order valence-electron chi connectivity index (χ4n) is 1.80. The lowest BCUT2D eigenvalue weighted by Crippen LogP contribution is -2.11. The van der Waals surface area contributed by atoms with Crippen molar-refractivity contribution in [1.82, 2.24) is 10.5 Å². The molecular weight excluding hydrogens is 240 g/mol. The van der Waals surface area contributed by atoms with E-state index in [1.165, 1.54) is 0 Å². The van der Waals surface area contributed by atoms with Gasteiger partial charge in [-0.3, -0.25) is 0 Å². The van der Waals surface area contributed by atoms with Gasteiger partial charge < -0.3 is 14.6 Å². The van der Waals surface area contributed by atoms with Crippen LogP contribution in [0.5, 0.6) is 5.75 Å². The zero-order valence-electron chi connectivity index (χ0n) is 11.6. The Balaban J connectivity index is 2.23. The number of nitrogens with zero attached hydrogens (tertiary/aromatic N) is 1. The predicted molar refractivity (Wildman–Crippen MR) is 75.1 cm³/mol. The number of rotatable bonds is 6. The maximum absolute atomic E-state index is 5.79. The Kier molecular flexibility index (Phi) is 4.58. The Morgan fingerprint density at radius 1 is 1.32 bits per heavy atom. The van der Waals surface area contributed by atoms with Crippen molar-refractivity contribution in [1.29, 1.82) is 0 Å². The van der Waals surface area contributed by atoms with Crippen LogP contribution in [0.1, 0.15) is 26.5 Å². The molecular formula is C15H20N2O2. The number of hydrogen-bond acceptors (Lipinski definition) is 4. The standard InChI is InChI=1S/C15H20N2O2/c1-4-16-10-12-9-15(19-17-12)13-7-5-6-8-14(13)18-11(2)3/h5-9,11,16H,4,10H2,1-3H3. The lowest BCUT2D eigenvalue weighted by atomic mass is 10.1. The molecule has 0 amide bonds. The van der Waals surface area contributed by atoms with Crippen LogP contribution in [-0.4, -0.2) is 17.8 Å². The normalized spacial score (nSPS) is 10.9. The van der Waals surface area contributed by atoms with E-state index in [9.17, 15) is 0 Å². The molecule has 0 atom stereocenters. The summed E-state index contributed by atoms with van der Waals surface area (Å²) in [6.45, 7) is 7.71. The minimum atomic E-state index is 0.130. The van der Waals surface area contributed by atoms with Crippen LogP contribution in [0.4, 0.5) is 0 Å². The molecule has 1 heterocycles. The Morgan fingerprint density at radius 2 is 2.11 bits per heavy atom. The van der Waals surface area contributed by atoms with Crippen molar-refractivity contribution in [2.75, 3.05) is 6.54 Å². The molecule has 4 nitrogen and oxygen atoms in total. The molecule has 0 unspecified atom stereocenters. The molecule has 2 rings (SSSR count). The topological polar surface area (TPSA) is 47.3 Å². The van der Waals surface area contributed by atoms with Crippen molar-refractivity contribution in [3.63, 3.8) is 0 Å². The first kappa shape index (κ1) is 13.6. The molecule has 19 heavy (non-hydrogen) atoms. The summed E-state index contributed by atoms with van der Waals surface area (Å²) in [4.78, 5) is 0. The summed E-state index contributed by atoms with van der Waals surface area (Å²) in [7, 11) is 0. The average molecular weight is 260 g/mol. The molecule has 0 saturated heterocycles. The summed E-state index contributed by atoms with van der Waals surface area (Å²) < 4.78 is 11.2. The summed E-state index contributed by atoms with van der Waals surface area (Å²) >= 11 is 0. The molecule has 1 aromatic heterocycles. The zero-order chi connectivity index (χ0) is 13.7. The second kappa shape index (κ2) is 6.38. The molecule has 0 radical (unpaired) electrons. The van der Waals surface area contributed by atoms with Crippen molar-refractivity contribution in [3.8, 4) is 17.1 Å². The lowest BCUT2D eigenvalue weighted by Gasteiger charge is -2.12. The van der Waals surface area contributed by atoms with E-state index in [-0.39, 0.29) is 6.10 Å². The molecule has 0 bridgehead atoms. The van der Waals surface area contributed by atoms with Crippen LogP contribution in [0.2, 0.25) is 0 Å². The van der Waals surface area contributed by atoms with E-state index in [2.05, 4.69) is 17.4 Å². The molecule has 1 aromatic carbocycles. The highest BCUT2D eigenvalue weighted by Gasteiger charge is 2.12. The second-order valence-electron chi connectivity index (χ2n) is 4.63. The fraction of sp³-hybridized carbons (Fsp3) is 0.400. The third kappa shape index (κ3) is 3.58. The SMILES string of the molecule is CCNCc1cc(-c2ccccc2OC(C)C)on1. The molecule has 102 valence electrons. The van der Waals surface area contributed by atoms with Gasteiger partial charge in [0.25, 0.3) is 0 Å². The van der Waals surface area contributed by atoms with Crippen molar-refractivity contribution >= 4 is 0 Å². The van der Waals surface area contributed by atoms with Gasteiger partial charge in [0.05, 0.1) is 17.4 Å². The van der Waals surface area contributed by atoms with Gasteiger partial charge in [0.1, 0.15) is 5.75 Å². The van der Waals surface area contributed by atoms with Crippen LogP contribution in [0.25, 0.3) is 11.3 Å². The predicted octanol–water partition coefficient (Wildman–Crippen LogP) is 3.24. The number of aromatic nitrogens is 1. The minimum Gasteiger partial charge on any atom is -0.490 e.